The van der Waals surface area contributed by atoms with Crippen molar-refractivity contribution in [3.8, 4) is 0 Å². The molecular formula is C14H21BrFNO. The Bertz CT molecular complexity index is 393. The van der Waals surface area contributed by atoms with Gasteiger partial charge in [0.2, 0.25) is 0 Å². The second kappa shape index (κ2) is 6.64. The molecule has 18 heavy (non-hydrogen) atoms. The van der Waals surface area contributed by atoms with Crippen molar-refractivity contribution in [1.29, 1.82) is 0 Å². The van der Waals surface area contributed by atoms with E-state index in [9.17, 15) is 9.50 Å². The monoisotopic (exact) mass is 317 g/mol. The number of aliphatic hydroxyl groups is 1. The van der Waals surface area contributed by atoms with Crippen LogP contribution < -0.4 is 5.32 Å². The fourth-order valence-electron chi connectivity index (χ4n) is 1.79. The van der Waals surface area contributed by atoms with Crippen molar-refractivity contribution in [1.82, 2.24) is 5.32 Å². The van der Waals surface area contributed by atoms with Crippen LogP contribution in [-0.2, 0) is 6.42 Å². The molecule has 0 aromatic heterocycles. The van der Waals surface area contributed by atoms with E-state index in [1.54, 1.807) is 13.0 Å². The van der Waals surface area contributed by atoms with Gasteiger partial charge in [0.1, 0.15) is 5.82 Å². The minimum absolute atomic E-state index is 0.293. The normalized spacial score (nSPS) is 14.8. The first-order chi connectivity index (χ1) is 8.32. The quantitative estimate of drug-likeness (QED) is 0.845. The molecule has 102 valence electrons. The van der Waals surface area contributed by atoms with Crippen LogP contribution in [0.1, 0.15) is 26.3 Å². The maximum atomic E-state index is 13.4. The van der Waals surface area contributed by atoms with E-state index < -0.39 is 5.60 Å². The standard InChI is InChI=1S/C14H21BrFNO/c1-10(2)8-17-9-14(3,18)7-11-5-4-6-12(16)13(11)15/h4-6,10,17-18H,7-9H2,1-3H3. The molecule has 4 heteroatoms. The van der Waals surface area contributed by atoms with Gasteiger partial charge in [-0.2, -0.15) is 0 Å². The third-order valence-corrected chi connectivity index (χ3v) is 3.55. The van der Waals surface area contributed by atoms with Gasteiger partial charge in [-0.1, -0.05) is 26.0 Å². The third-order valence-electron chi connectivity index (χ3n) is 2.66. The summed E-state index contributed by atoms with van der Waals surface area (Å²) in [7, 11) is 0. The molecule has 0 aliphatic carbocycles. The Hall–Kier alpha value is -0.450. The molecule has 0 heterocycles. The number of benzene rings is 1. The molecule has 2 nitrogen and oxygen atoms in total. The van der Waals surface area contributed by atoms with Gasteiger partial charge in [-0.15, -0.1) is 0 Å². The first kappa shape index (κ1) is 15.6. The van der Waals surface area contributed by atoms with E-state index in [0.29, 0.717) is 23.4 Å². The third kappa shape index (κ3) is 5.04. The Balaban J connectivity index is 2.61. The van der Waals surface area contributed by atoms with Crippen LogP contribution in [0.25, 0.3) is 0 Å². The van der Waals surface area contributed by atoms with Crippen LogP contribution in [0.3, 0.4) is 0 Å². The summed E-state index contributed by atoms with van der Waals surface area (Å²) in [6, 6.07) is 4.89. The van der Waals surface area contributed by atoms with Crippen LogP contribution in [0.2, 0.25) is 0 Å². The molecule has 0 saturated heterocycles. The van der Waals surface area contributed by atoms with Crippen molar-refractivity contribution in [3.05, 3.63) is 34.1 Å². The second-order valence-electron chi connectivity index (χ2n) is 5.41. The molecule has 0 amide bonds. The summed E-state index contributed by atoms with van der Waals surface area (Å²) in [5.74, 6) is 0.250. The molecule has 0 spiro atoms. The maximum absolute atomic E-state index is 13.4. The summed E-state index contributed by atoms with van der Waals surface area (Å²) < 4.78 is 13.8. The Morgan fingerprint density at radius 3 is 2.72 bits per heavy atom. The van der Waals surface area contributed by atoms with Crippen LogP contribution in [0.5, 0.6) is 0 Å². The summed E-state index contributed by atoms with van der Waals surface area (Å²) >= 11 is 3.22. The highest BCUT2D eigenvalue weighted by atomic mass is 79.9. The van der Waals surface area contributed by atoms with E-state index in [2.05, 4.69) is 35.1 Å². The number of hydrogen-bond acceptors (Lipinski definition) is 2. The molecule has 1 aromatic rings. The molecule has 1 unspecified atom stereocenters. The van der Waals surface area contributed by atoms with Gasteiger partial charge < -0.3 is 10.4 Å². The highest BCUT2D eigenvalue weighted by molar-refractivity contribution is 9.10. The van der Waals surface area contributed by atoms with Gasteiger partial charge in [0, 0.05) is 13.0 Å². The number of halogens is 2. The molecule has 0 bridgehead atoms. The van der Waals surface area contributed by atoms with Crippen LogP contribution in [0.15, 0.2) is 22.7 Å². The molecule has 0 radical (unpaired) electrons. The summed E-state index contributed by atoms with van der Waals surface area (Å²) in [4.78, 5) is 0. The molecule has 1 aromatic carbocycles. The largest absolute Gasteiger partial charge is 0.389 e. The highest BCUT2D eigenvalue weighted by Crippen LogP contribution is 2.24. The van der Waals surface area contributed by atoms with Gasteiger partial charge in [0.05, 0.1) is 10.1 Å². The molecule has 1 atom stereocenters. The average Bonchev–Trinajstić information content (AvgIpc) is 2.23. The summed E-state index contributed by atoms with van der Waals surface area (Å²) in [5, 5.41) is 13.5. The molecule has 0 aliphatic rings. The lowest BCUT2D eigenvalue weighted by atomic mass is 9.96. The van der Waals surface area contributed by atoms with Crippen molar-refractivity contribution in [2.24, 2.45) is 5.92 Å². The van der Waals surface area contributed by atoms with E-state index in [1.807, 2.05) is 6.07 Å². The van der Waals surface area contributed by atoms with Gasteiger partial charge >= 0.3 is 0 Å². The minimum Gasteiger partial charge on any atom is -0.389 e. The first-order valence-electron chi connectivity index (χ1n) is 6.18. The van der Waals surface area contributed by atoms with Crippen LogP contribution in [-0.4, -0.2) is 23.8 Å². The lowest BCUT2D eigenvalue weighted by Gasteiger charge is -2.25. The SMILES string of the molecule is CC(C)CNCC(C)(O)Cc1cccc(F)c1Br. The second-order valence-corrected chi connectivity index (χ2v) is 6.20. The molecule has 2 N–H and O–H groups in total. The maximum Gasteiger partial charge on any atom is 0.137 e. The minimum atomic E-state index is -0.884. The Labute approximate surface area is 117 Å². The lowest BCUT2D eigenvalue weighted by Crippen LogP contribution is -2.41. The van der Waals surface area contributed by atoms with Gasteiger partial charge in [0.15, 0.2) is 0 Å². The van der Waals surface area contributed by atoms with Crippen molar-refractivity contribution >= 4 is 15.9 Å². The Kier molecular flexibility index (Phi) is 5.76. The Morgan fingerprint density at radius 2 is 2.11 bits per heavy atom. The predicted molar refractivity (Wildman–Crippen MR) is 76.1 cm³/mol. The molecule has 1 rings (SSSR count). The van der Waals surface area contributed by atoms with Crippen LogP contribution >= 0.6 is 15.9 Å². The zero-order chi connectivity index (χ0) is 13.8. The van der Waals surface area contributed by atoms with Crippen molar-refractivity contribution in [2.45, 2.75) is 32.8 Å². The Morgan fingerprint density at radius 1 is 1.44 bits per heavy atom. The number of hydrogen-bond donors (Lipinski definition) is 2. The predicted octanol–water partition coefficient (Wildman–Crippen LogP) is 3.13. The van der Waals surface area contributed by atoms with Crippen molar-refractivity contribution < 1.29 is 9.50 Å². The van der Waals surface area contributed by atoms with Crippen LogP contribution in [0, 0.1) is 11.7 Å². The van der Waals surface area contributed by atoms with E-state index in [0.717, 1.165) is 12.1 Å². The molecule has 0 fully saturated rings. The summed E-state index contributed by atoms with van der Waals surface area (Å²) in [6.45, 7) is 7.35. The fourth-order valence-corrected chi connectivity index (χ4v) is 2.19. The fraction of sp³-hybridized carbons (Fsp3) is 0.571. The smallest absolute Gasteiger partial charge is 0.137 e. The lowest BCUT2D eigenvalue weighted by molar-refractivity contribution is 0.0593. The number of nitrogens with one attached hydrogen (secondary N) is 1. The molecular weight excluding hydrogens is 297 g/mol. The van der Waals surface area contributed by atoms with Crippen molar-refractivity contribution in [3.63, 3.8) is 0 Å². The van der Waals surface area contributed by atoms with E-state index >= 15 is 0 Å². The van der Waals surface area contributed by atoms with Gasteiger partial charge in [-0.25, -0.2) is 4.39 Å². The number of rotatable bonds is 6. The van der Waals surface area contributed by atoms with E-state index in [-0.39, 0.29) is 5.82 Å². The highest BCUT2D eigenvalue weighted by Gasteiger charge is 2.22. The topological polar surface area (TPSA) is 32.3 Å². The van der Waals surface area contributed by atoms with Crippen LogP contribution in [0.4, 0.5) is 4.39 Å². The van der Waals surface area contributed by atoms with Crippen molar-refractivity contribution in [2.75, 3.05) is 13.1 Å². The van der Waals surface area contributed by atoms with Gasteiger partial charge in [-0.3, -0.25) is 0 Å². The van der Waals surface area contributed by atoms with Gasteiger partial charge in [0.25, 0.3) is 0 Å². The van der Waals surface area contributed by atoms with Gasteiger partial charge in [-0.05, 0) is 46.9 Å². The first-order valence-corrected chi connectivity index (χ1v) is 6.97. The molecule has 0 aliphatic heterocycles. The average molecular weight is 318 g/mol. The summed E-state index contributed by atoms with van der Waals surface area (Å²) in [6.07, 6.45) is 0.413. The zero-order valence-electron chi connectivity index (χ0n) is 11.1. The van der Waals surface area contributed by atoms with E-state index in [4.69, 9.17) is 0 Å². The van der Waals surface area contributed by atoms with E-state index in [1.165, 1.54) is 6.07 Å². The zero-order valence-corrected chi connectivity index (χ0v) is 12.7. The molecule has 0 saturated carbocycles. The summed E-state index contributed by atoms with van der Waals surface area (Å²) in [5.41, 5.74) is -0.100.